The SMILES string of the molecule is COC1(C(O)c2ccc(C(F)(F)F)c(F)c2)CCC1. The van der Waals surface area contributed by atoms with Gasteiger partial charge in [0.1, 0.15) is 11.9 Å². The Bertz CT molecular complexity index is 461. The number of ether oxygens (including phenoxy) is 1. The lowest BCUT2D eigenvalue weighted by atomic mass is 9.73. The van der Waals surface area contributed by atoms with Crippen molar-refractivity contribution in [1.82, 2.24) is 0 Å². The first-order chi connectivity index (χ1) is 8.80. The molecule has 1 aliphatic carbocycles. The molecule has 0 spiro atoms. The highest BCUT2D eigenvalue weighted by molar-refractivity contribution is 5.29. The third kappa shape index (κ3) is 2.47. The molecule has 0 saturated heterocycles. The Balaban J connectivity index is 2.30. The molecular weight excluding hydrogens is 264 g/mol. The van der Waals surface area contributed by atoms with Crippen molar-refractivity contribution in [2.24, 2.45) is 0 Å². The molecule has 1 atom stereocenters. The Labute approximate surface area is 108 Å². The molecule has 0 aromatic heterocycles. The monoisotopic (exact) mass is 278 g/mol. The average molecular weight is 278 g/mol. The number of alkyl halides is 3. The van der Waals surface area contributed by atoms with Crippen LogP contribution in [0.5, 0.6) is 0 Å². The highest BCUT2D eigenvalue weighted by Gasteiger charge is 2.45. The van der Waals surface area contributed by atoms with E-state index in [0.717, 1.165) is 18.6 Å². The van der Waals surface area contributed by atoms with Gasteiger partial charge in [-0.3, -0.25) is 0 Å². The summed E-state index contributed by atoms with van der Waals surface area (Å²) in [6.45, 7) is 0. The van der Waals surface area contributed by atoms with E-state index in [0.29, 0.717) is 18.9 Å². The summed E-state index contributed by atoms with van der Waals surface area (Å²) in [7, 11) is 1.43. The Morgan fingerprint density at radius 3 is 2.32 bits per heavy atom. The van der Waals surface area contributed by atoms with Crippen molar-refractivity contribution in [2.75, 3.05) is 7.11 Å². The molecule has 0 aliphatic heterocycles. The molecule has 0 heterocycles. The second kappa shape index (κ2) is 4.76. The van der Waals surface area contributed by atoms with E-state index in [2.05, 4.69) is 0 Å². The Kier molecular flexibility index (Phi) is 3.57. The molecule has 1 aromatic carbocycles. The maximum Gasteiger partial charge on any atom is 0.419 e. The molecule has 1 aliphatic rings. The number of methoxy groups -OCH3 is 1. The number of halogens is 4. The third-order valence-electron chi connectivity index (χ3n) is 3.72. The van der Waals surface area contributed by atoms with Crippen LogP contribution in [0.2, 0.25) is 0 Å². The lowest BCUT2D eigenvalue weighted by Gasteiger charge is -2.44. The average Bonchev–Trinajstić information content (AvgIpc) is 2.26. The van der Waals surface area contributed by atoms with E-state index in [1.165, 1.54) is 7.11 Å². The van der Waals surface area contributed by atoms with E-state index in [-0.39, 0.29) is 5.56 Å². The molecule has 1 fully saturated rings. The molecule has 6 heteroatoms. The summed E-state index contributed by atoms with van der Waals surface area (Å²) in [6.07, 6.45) is -3.78. The largest absolute Gasteiger partial charge is 0.419 e. The molecule has 0 amide bonds. The van der Waals surface area contributed by atoms with Crippen LogP contribution in [0, 0.1) is 5.82 Å². The van der Waals surface area contributed by atoms with Crippen molar-refractivity contribution in [2.45, 2.75) is 37.1 Å². The minimum absolute atomic E-state index is 0.104. The van der Waals surface area contributed by atoms with E-state index in [4.69, 9.17) is 4.74 Å². The molecule has 2 rings (SSSR count). The van der Waals surface area contributed by atoms with E-state index < -0.39 is 29.3 Å². The van der Waals surface area contributed by atoms with Crippen molar-refractivity contribution < 1.29 is 27.4 Å². The van der Waals surface area contributed by atoms with Crippen molar-refractivity contribution in [1.29, 1.82) is 0 Å². The first-order valence-corrected chi connectivity index (χ1v) is 5.90. The van der Waals surface area contributed by atoms with Crippen LogP contribution in [0.3, 0.4) is 0 Å². The second-order valence-corrected chi connectivity index (χ2v) is 4.76. The van der Waals surface area contributed by atoms with E-state index >= 15 is 0 Å². The van der Waals surface area contributed by atoms with Gasteiger partial charge in [0.2, 0.25) is 0 Å². The first kappa shape index (κ1) is 14.3. The highest BCUT2D eigenvalue weighted by atomic mass is 19.4. The fourth-order valence-electron chi connectivity index (χ4n) is 2.35. The van der Waals surface area contributed by atoms with Gasteiger partial charge >= 0.3 is 6.18 Å². The van der Waals surface area contributed by atoms with Gasteiger partial charge in [0.15, 0.2) is 0 Å². The molecule has 1 aromatic rings. The molecule has 0 bridgehead atoms. The number of aliphatic hydroxyl groups excluding tert-OH is 1. The summed E-state index contributed by atoms with van der Waals surface area (Å²) in [6, 6.07) is 2.47. The van der Waals surface area contributed by atoms with Crippen LogP contribution in [-0.4, -0.2) is 17.8 Å². The molecule has 1 unspecified atom stereocenters. The van der Waals surface area contributed by atoms with Crippen molar-refractivity contribution in [3.05, 3.63) is 35.1 Å². The predicted octanol–water partition coefficient (Wildman–Crippen LogP) is 3.45. The van der Waals surface area contributed by atoms with Gasteiger partial charge in [-0.15, -0.1) is 0 Å². The van der Waals surface area contributed by atoms with Gasteiger partial charge < -0.3 is 9.84 Å². The fraction of sp³-hybridized carbons (Fsp3) is 0.538. The van der Waals surface area contributed by atoms with Crippen LogP contribution in [0.1, 0.15) is 36.5 Å². The smallest absolute Gasteiger partial charge is 0.385 e. The summed E-state index contributed by atoms with van der Waals surface area (Å²) >= 11 is 0. The quantitative estimate of drug-likeness (QED) is 0.858. The van der Waals surface area contributed by atoms with Gasteiger partial charge in [-0.25, -0.2) is 4.39 Å². The normalized spacial score (nSPS) is 19.9. The fourth-order valence-corrected chi connectivity index (χ4v) is 2.35. The number of hydrogen-bond acceptors (Lipinski definition) is 2. The van der Waals surface area contributed by atoms with Crippen molar-refractivity contribution in [3.8, 4) is 0 Å². The molecule has 0 radical (unpaired) electrons. The van der Waals surface area contributed by atoms with Gasteiger partial charge in [-0.05, 0) is 37.0 Å². The Hall–Kier alpha value is -1.14. The van der Waals surface area contributed by atoms with E-state index in [9.17, 15) is 22.7 Å². The molecular formula is C13H14F4O2. The molecule has 1 saturated carbocycles. The van der Waals surface area contributed by atoms with Crippen molar-refractivity contribution in [3.63, 3.8) is 0 Å². The lowest BCUT2D eigenvalue weighted by Crippen LogP contribution is -2.45. The molecule has 106 valence electrons. The Morgan fingerprint density at radius 2 is 1.95 bits per heavy atom. The lowest BCUT2D eigenvalue weighted by molar-refractivity contribution is -0.152. The maximum absolute atomic E-state index is 13.4. The zero-order valence-corrected chi connectivity index (χ0v) is 10.3. The first-order valence-electron chi connectivity index (χ1n) is 5.90. The van der Waals surface area contributed by atoms with Gasteiger partial charge in [-0.2, -0.15) is 13.2 Å². The topological polar surface area (TPSA) is 29.5 Å². The minimum atomic E-state index is -4.73. The highest BCUT2D eigenvalue weighted by Crippen LogP contribution is 2.45. The summed E-state index contributed by atoms with van der Waals surface area (Å²) < 4.78 is 56.0. The van der Waals surface area contributed by atoms with Crippen LogP contribution in [-0.2, 0) is 10.9 Å². The van der Waals surface area contributed by atoms with Crippen LogP contribution >= 0.6 is 0 Å². The van der Waals surface area contributed by atoms with Crippen LogP contribution in [0.15, 0.2) is 18.2 Å². The zero-order chi connectivity index (χ0) is 14.3. The van der Waals surface area contributed by atoms with E-state index in [1.807, 2.05) is 0 Å². The van der Waals surface area contributed by atoms with E-state index in [1.54, 1.807) is 0 Å². The number of benzene rings is 1. The number of rotatable bonds is 3. The number of aliphatic hydroxyl groups is 1. The summed E-state index contributed by atoms with van der Waals surface area (Å²) in [5.41, 5.74) is -2.03. The second-order valence-electron chi connectivity index (χ2n) is 4.76. The van der Waals surface area contributed by atoms with Crippen LogP contribution < -0.4 is 0 Å². The molecule has 2 nitrogen and oxygen atoms in total. The molecule has 1 N–H and O–H groups in total. The summed E-state index contributed by atoms with van der Waals surface area (Å²) in [5.74, 6) is -1.38. The summed E-state index contributed by atoms with van der Waals surface area (Å²) in [4.78, 5) is 0. The van der Waals surface area contributed by atoms with Gasteiger partial charge in [0.25, 0.3) is 0 Å². The van der Waals surface area contributed by atoms with Gasteiger partial charge in [0, 0.05) is 7.11 Å². The number of hydrogen-bond donors (Lipinski definition) is 1. The maximum atomic E-state index is 13.4. The standard InChI is InChI=1S/C13H14F4O2/c1-19-12(5-2-6-12)11(18)8-3-4-9(10(14)7-8)13(15,16)17/h3-4,7,11,18H,2,5-6H2,1H3. The minimum Gasteiger partial charge on any atom is -0.385 e. The third-order valence-corrected chi connectivity index (χ3v) is 3.72. The van der Waals surface area contributed by atoms with Gasteiger partial charge in [0.05, 0.1) is 11.2 Å². The molecule has 19 heavy (non-hydrogen) atoms. The zero-order valence-electron chi connectivity index (χ0n) is 10.3. The van der Waals surface area contributed by atoms with Crippen molar-refractivity contribution >= 4 is 0 Å². The predicted molar refractivity (Wildman–Crippen MR) is 60.0 cm³/mol. The Morgan fingerprint density at radius 1 is 1.32 bits per heavy atom. The van der Waals surface area contributed by atoms with Crippen LogP contribution in [0.25, 0.3) is 0 Å². The van der Waals surface area contributed by atoms with Crippen LogP contribution in [0.4, 0.5) is 17.6 Å². The summed E-state index contributed by atoms with van der Waals surface area (Å²) in [5, 5.41) is 10.1. The van der Waals surface area contributed by atoms with Gasteiger partial charge in [-0.1, -0.05) is 6.07 Å².